The number of thioether (sulfide) groups is 1. The van der Waals surface area contributed by atoms with E-state index in [0.29, 0.717) is 17.4 Å². The van der Waals surface area contributed by atoms with Gasteiger partial charge < -0.3 is 4.90 Å². The minimum absolute atomic E-state index is 0.0929. The number of hydrogen-bond acceptors (Lipinski definition) is 5. The first kappa shape index (κ1) is 19.0. The van der Waals surface area contributed by atoms with E-state index in [4.69, 9.17) is 0 Å². The first-order valence-electron chi connectivity index (χ1n) is 8.54. The van der Waals surface area contributed by atoms with Crippen LogP contribution in [0.15, 0.2) is 47.6 Å². The van der Waals surface area contributed by atoms with Crippen molar-refractivity contribution >= 4 is 23.4 Å². The number of aryl methyl sites for hydroxylation is 2. The van der Waals surface area contributed by atoms with Crippen LogP contribution in [0, 0.1) is 19.7 Å². The largest absolute Gasteiger partial charge is 0.312 e. The molecule has 140 valence electrons. The minimum Gasteiger partial charge on any atom is -0.312 e. The third-order valence-electron chi connectivity index (χ3n) is 4.11. The van der Waals surface area contributed by atoms with Gasteiger partial charge in [0.05, 0.1) is 11.4 Å². The highest BCUT2D eigenvalue weighted by molar-refractivity contribution is 7.99. The second kappa shape index (κ2) is 8.30. The molecule has 1 aromatic heterocycles. The third-order valence-corrected chi connectivity index (χ3v) is 5.02. The number of aromatic nitrogens is 4. The van der Waals surface area contributed by atoms with Crippen molar-refractivity contribution in [2.45, 2.75) is 25.9 Å². The maximum absolute atomic E-state index is 13.1. The van der Waals surface area contributed by atoms with Crippen molar-refractivity contribution in [2.24, 2.45) is 0 Å². The Morgan fingerprint density at radius 1 is 1.19 bits per heavy atom. The minimum atomic E-state index is -0.329. The van der Waals surface area contributed by atoms with Gasteiger partial charge in [-0.2, -0.15) is 4.68 Å². The molecule has 0 fully saturated rings. The standard InChI is InChI=1S/C19H20FN5OS/c1-4-24(16-9-7-15(20)8-10-16)18(26)12-27-19-21-22-23-25(19)17-11-13(2)5-6-14(17)3/h5-11H,4,12H2,1-3H3. The van der Waals surface area contributed by atoms with Crippen molar-refractivity contribution in [3.8, 4) is 5.69 Å². The van der Waals surface area contributed by atoms with Gasteiger partial charge in [0, 0.05) is 12.2 Å². The van der Waals surface area contributed by atoms with Crippen LogP contribution < -0.4 is 4.90 Å². The fraction of sp³-hybridized carbons (Fsp3) is 0.263. The topological polar surface area (TPSA) is 63.9 Å². The zero-order valence-electron chi connectivity index (χ0n) is 15.4. The van der Waals surface area contributed by atoms with Crippen LogP contribution in [-0.2, 0) is 4.79 Å². The lowest BCUT2D eigenvalue weighted by Crippen LogP contribution is -2.32. The molecule has 0 bridgehead atoms. The van der Waals surface area contributed by atoms with E-state index in [-0.39, 0.29) is 17.5 Å². The van der Waals surface area contributed by atoms with Gasteiger partial charge in [-0.25, -0.2) is 4.39 Å². The maximum atomic E-state index is 13.1. The average molecular weight is 385 g/mol. The number of nitrogens with zero attached hydrogens (tertiary/aromatic N) is 5. The monoisotopic (exact) mass is 385 g/mol. The van der Waals surface area contributed by atoms with E-state index in [1.54, 1.807) is 21.7 Å². The van der Waals surface area contributed by atoms with E-state index in [2.05, 4.69) is 15.5 Å². The van der Waals surface area contributed by atoms with Crippen LogP contribution in [0.1, 0.15) is 18.1 Å². The van der Waals surface area contributed by atoms with Crippen LogP contribution in [0.4, 0.5) is 10.1 Å². The number of hydrogen-bond donors (Lipinski definition) is 0. The van der Waals surface area contributed by atoms with Crippen LogP contribution >= 0.6 is 11.8 Å². The fourth-order valence-corrected chi connectivity index (χ4v) is 3.46. The van der Waals surface area contributed by atoms with Crippen molar-refractivity contribution < 1.29 is 9.18 Å². The zero-order valence-corrected chi connectivity index (χ0v) is 16.2. The van der Waals surface area contributed by atoms with E-state index in [1.807, 2.05) is 39.0 Å². The first-order chi connectivity index (χ1) is 13.0. The summed E-state index contributed by atoms with van der Waals surface area (Å²) in [5, 5.41) is 12.4. The van der Waals surface area contributed by atoms with Crippen LogP contribution in [0.5, 0.6) is 0 Å². The van der Waals surface area contributed by atoms with Crippen LogP contribution in [0.2, 0.25) is 0 Å². The molecule has 0 atom stereocenters. The number of amides is 1. The summed E-state index contributed by atoms with van der Waals surface area (Å²) in [7, 11) is 0. The summed E-state index contributed by atoms with van der Waals surface area (Å²) in [6.45, 7) is 6.37. The molecule has 1 amide bonds. The molecule has 0 N–H and O–H groups in total. The number of rotatable bonds is 6. The predicted octanol–water partition coefficient (Wildman–Crippen LogP) is 3.56. The summed E-state index contributed by atoms with van der Waals surface area (Å²) < 4.78 is 14.8. The predicted molar refractivity (Wildman–Crippen MR) is 104 cm³/mol. The molecule has 1 heterocycles. The lowest BCUT2D eigenvalue weighted by molar-refractivity contribution is -0.116. The van der Waals surface area contributed by atoms with E-state index in [1.165, 1.54) is 23.9 Å². The van der Waals surface area contributed by atoms with Crippen molar-refractivity contribution in [3.05, 3.63) is 59.4 Å². The van der Waals surface area contributed by atoms with Gasteiger partial charge in [0.25, 0.3) is 0 Å². The molecule has 0 aliphatic carbocycles. The van der Waals surface area contributed by atoms with Crippen molar-refractivity contribution in [3.63, 3.8) is 0 Å². The average Bonchev–Trinajstić information content (AvgIpc) is 3.12. The number of tetrazole rings is 1. The molecule has 3 rings (SSSR count). The smallest absolute Gasteiger partial charge is 0.237 e. The maximum Gasteiger partial charge on any atom is 0.237 e. The Bertz CT molecular complexity index is 942. The van der Waals surface area contributed by atoms with Crippen molar-refractivity contribution in [1.29, 1.82) is 0 Å². The van der Waals surface area contributed by atoms with Crippen LogP contribution in [0.25, 0.3) is 5.69 Å². The van der Waals surface area contributed by atoms with E-state index < -0.39 is 0 Å². The number of benzene rings is 2. The van der Waals surface area contributed by atoms with Crippen molar-refractivity contribution in [1.82, 2.24) is 20.2 Å². The molecule has 0 saturated heterocycles. The Morgan fingerprint density at radius 2 is 1.93 bits per heavy atom. The van der Waals surface area contributed by atoms with E-state index in [9.17, 15) is 9.18 Å². The highest BCUT2D eigenvalue weighted by Gasteiger charge is 2.17. The molecule has 2 aromatic carbocycles. The van der Waals surface area contributed by atoms with Gasteiger partial charge >= 0.3 is 0 Å². The Labute approximate surface area is 161 Å². The summed E-state index contributed by atoms with van der Waals surface area (Å²) in [6, 6.07) is 11.9. The first-order valence-corrected chi connectivity index (χ1v) is 9.53. The SMILES string of the molecule is CCN(C(=O)CSc1nnnn1-c1cc(C)ccc1C)c1ccc(F)cc1. The lowest BCUT2D eigenvalue weighted by atomic mass is 10.1. The van der Waals surface area contributed by atoms with Gasteiger partial charge in [0.1, 0.15) is 5.82 Å². The molecule has 0 aliphatic heterocycles. The second-order valence-electron chi connectivity index (χ2n) is 6.07. The zero-order chi connectivity index (χ0) is 19.4. The molecule has 0 aliphatic rings. The normalized spacial score (nSPS) is 10.8. The molecule has 3 aromatic rings. The summed E-state index contributed by atoms with van der Waals surface area (Å²) in [6.07, 6.45) is 0. The Kier molecular flexibility index (Phi) is 5.85. The van der Waals surface area contributed by atoms with Gasteiger partial charge in [-0.3, -0.25) is 4.79 Å². The molecule has 0 unspecified atom stereocenters. The third kappa shape index (κ3) is 4.33. The van der Waals surface area contributed by atoms with Gasteiger partial charge in [-0.1, -0.05) is 23.9 Å². The molecular formula is C19H20FN5OS. The number of carbonyl (C=O) groups is 1. The Morgan fingerprint density at radius 3 is 2.63 bits per heavy atom. The van der Waals surface area contributed by atoms with Crippen LogP contribution in [0.3, 0.4) is 0 Å². The summed E-state index contributed by atoms with van der Waals surface area (Å²) >= 11 is 1.27. The fourth-order valence-electron chi connectivity index (χ4n) is 2.70. The molecule has 0 saturated carbocycles. The number of anilines is 1. The summed E-state index contributed by atoms with van der Waals surface area (Å²) in [5.41, 5.74) is 3.70. The van der Waals surface area contributed by atoms with Gasteiger partial charge in [0.15, 0.2) is 0 Å². The number of halogens is 1. The quantitative estimate of drug-likeness (QED) is 0.607. The molecule has 6 nitrogen and oxygen atoms in total. The molecule has 27 heavy (non-hydrogen) atoms. The Hall–Kier alpha value is -2.74. The highest BCUT2D eigenvalue weighted by atomic mass is 32.2. The van der Waals surface area contributed by atoms with Crippen LogP contribution in [-0.4, -0.2) is 38.4 Å². The molecule has 0 spiro atoms. The van der Waals surface area contributed by atoms with E-state index >= 15 is 0 Å². The van der Waals surface area contributed by atoms with E-state index in [0.717, 1.165) is 16.8 Å². The van der Waals surface area contributed by atoms with Gasteiger partial charge in [0.2, 0.25) is 11.1 Å². The highest BCUT2D eigenvalue weighted by Crippen LogP contribution is 2.23. The number of carbonyl (C=O) groups excluding carboxylic acids is 1. The van der Waals surface area contributed by atoms with Gasteiger partial charge in [-0.05, 0) is 72.7 Å². The van der Waals surface area contributed by atoms with Crippen molar-refractivity contribution in [2.75, 3.05) is 17.2 Å². The molecular weight excluding hydrogens is 365 g/mol. The second-order valence-corrected chi connectivity index (χ2v) is 7.01. The summed E-state index contributed by atoms with van der Waals surface area (Å²) in [4.78, 5) is 14.3. The molecule has 8 heteroatoms. The molecule has 0 radical (unpaired) electrons. The lowest BCUT2D eigenvalue weighted by Gasteiger charge is -2.20. The Balaban J connectivity index is 1.75. The summed E-state index contributed by atoms with van der Waals surface area (Å²) in [5.74, 6) is -0.245. The van der Waals surface area contributed by atoms with Gasteiger partial charge in [-0.15, -0.1) is 5.10 Å².